The Hall–Kier alpha value is -1.58. The lowest BCUT2D eigenvalue weighted by molar-refractivity contribution is 0.139. The predicted octanol–water partition coefficient (Wildman–Crippen LogP) is 6.10. The van der Waals surface area contributed by atoms with Crippen LogP contribution in [0.1, 0.15) is 71.1 Å². The number of benzene rings is 1. The molecule has 0 bridgehead atoms. The number of hydrogen-bond donors (Lipinski definition) is 3. The second kappa shape index (κ2) is 12.3. The van der Waals surface area contributed by atoms with Gasteiger partial charge in [0.2, 0.25) is 0 Å². The minimum absolute atomic E-state index is 0.219. The molecule has 1 aromatic carbocycles. The number of rotatable bonds is 12. The first-order valence-corrected chi connectivity index (χ1v) is 12.2. The van der Waals surface area contributed by atoms with Gasteiger partial charge in [0, 0.05) is 18.2 Å². The van der Waals surface area contributed by atoms with Crippen LogP contribution in [-0.2, 0) is 0 Å². The van der Waals surface area contributed by atoms with E-state index in [9.17, 15) is 10.2 Å². The Morgan fingerprint density at radius 2 is 1.93 bits per heavy atom. The molecule has 5 atom stereocenters. The van der Waals surface area contributed by atoms with Crippen LogP contribution in [0, 0.1) is 17.8 Å². The Morgan fingerprint density at radius 1 is 1.10 bits per heavy atom. The largest absolute Gasteiger partial charge is 0.392 e. The minimum atomic E-state index is -0.358. The van der Waals surface area contributed by atoms with Crippen molar-refractivity contribution in [2.45, 2.75) is 83.3 Å². The third kappa shape index (κ3) is 6.99. The molecule has 3 heteroatoms. The Bertz CT molecular complexity index is 669. The number of nitrogens with one attached hydrogen (secondary N) is 1. The van der Waals surface area contributed by atoms with Crippen LogP contribution in [0.15, 0.2) is 54.1 Å². The second-order valence-electron chi connectivity index (χ2n) is 9.31. The van der Waals surface area contributed by atoms with Crippen LogP contribution in [0.2, 0.25) is 0 Å². The Morgan fingerprint density at radius 3 is 2.73 bits per heavy atom. The highest BCUT2D eigenvalue weighted by molar-refractivity contribution is 5.42. The summed E-state index contributed by atoms with van der Waals surface area (Å²) in [6.45, 7) is 3.21. The van der Waals surface area contributed by atoms with Crippen molar-refractivity contribution in [3.05, 3.63) is 54.1 Å². The van der Waals surface area contributed by atoms with E-state index in [1.54, 1.807) is 5.57 Å². The molecule has 1 aromatic rings. The molecule has 0 spiro atoms. The fourth-order valence-electron chi connectivity index (χ4n) is 5.26. The van der Waals surface area contributed by atoms with Gasteiger partial charge in [0.1, 0.15) is 0 Å². The number of unbranched alkanes of at least 4 members (excludes halogenated alkanes) is 4. The van der Waals surface area contributed by atoms with Gasteiger partial charge in [-0.1, -0.05) is 68.2 Å². The van der Waals surface area contributed by atoms with Crippen molar-refractivity contribution < 1.29 is 10.2 Å². The van der Waals surface area contributed by atoms with Crippen molar-refractivity contribution in [2.75, 3.05) is 11.9 Å². The van der Waals surface area contributed by atoms with Gasteiger partial charge in [-0.25, -0.2) is 0 Å². The van der Waals surface area contributed by atoms with E-state index in [4.69, 9.17) is 0 Å². The molecular weight excluding hydrogens is 370 g/mol. The van der Waals surface area contributed by atoms with Gasteiger partial charge in [0.25, 0.3) is 0 Å². The molecule has 0 saturated heterocycles. The van der Waals surface area contributed by atoms with E-state index in [-0.39, 0.29) is 18.1 Å². The van der Waals surface area contributed by atoms with E-state index >= 15 is 0 Å². The molecule has 0 heterocycles. The summed E-state index contributed by atoms with van der Waals surface area (Å²) >= 11 is 0. The zero-order valence-electron chi connectivity index (χ0n) is 18.7. The highest BCUT2D eigenvalue weighted by atomic mass is 16.3. The third-order valence-corrected chi connectivity index (χ3v) is 6.94. The molecule has 166 valence electrons. The monoisotopic (exact) mass is 411 g/mol. The molecule has 2 aliphatic carbocycles. The van der Waals surface area contributed by atoms with Crippen molar-refractivity contribution in [2.24, 2.45) is 17.8 Å². The summed E-state index contributed by atoms with van der Waals surface area (Å²) in [7, 11) is 0. The first-order valence-electron chi connectivity index (χ1n) is 12.2. The zero-order valence-corrected chi connectivity index (χ0v) is 18.7. The normalized spacial score (nSPS) is 28.3. The number of fused-ring (bicyclic) bond motifs is 1. The maximum atomic E-state index is 10.5. The van der Waals surface area contributed by atoms with Crippen LogP contribution in [0.5, 0.6) is 0 Å². The van der Waals surface area contributed by atoms with Gasteiger partial charge < -0.3 is 15.5 Å². The van der Waals surface area contributed by atoms with Gasteiger partial charge >= 0.3 is 0 Å². The van der Waals surface area contributed by atoms with E-state index in [2.05, 4.69) is 48.7 Å². The van der Waals surface area contributed by atoms with Crippen molar-refractivity contribution in [3.8, 4) is 0 Å². The Labute approximate surface area is 183 Å². The van der Waals surface area contributed by atoms with Crippen LogP contribution in [0.3, 0.4) is 0 Å². The molecule has 2 fully saturated rings. The van der Waals surface area contributed by atoms with Gasteiger partial charge in [-0.05, 0) is 68.9 Å². The van der Waals surface area contributed by atoms with Gasteiger partial charge in [-0.15, -0.1) is 0 Å². The lowest BCUT2D eigenvalue weighted by Gasteiger charge is -2.17. The molecule has 3 N–H and O–H groups in total. The molecule has 2 aliphatic rings. The highest BCUT2D eigenvalue weighted by Gasteiger charge is 2.44. The van der Waals surface area contributed by atoms with E-state index in [0.29, 0.717) is 11.8 Å². The van der Waals surface area contributed by atoms with E-state index in [0.717, 1.165) is 45.1 Å². The molecule has 0 radical (unpaired) electrons. The number of allylic oxidation sites excluding steroid dienone is 2. The summed E-state index contributed by atoms with van der Waals surface area (Å²) in [6.07, 6.45) is 17.0. The number of para-hydroxylation sites is 1. The molecule has 0 unspecified atom stereocenters. The molecule has 0 aromatic heterocycles. The standard InChI is InChI=1S/C27H41NO2/c1-2-3-6-14-24(29)15-16-25-26-19-21(18-22(26)20-27(25)30)11-7-5-10-17-28-23-12-8-4-9-13-23/h4,8-9,11-13,15-16,22,24-30H,2-3,5-7,10,14,17-20H2,1H3/b16-15+,21-11+/t22-,24-,25+,26-,27+/m0/s1. The van der Waals surface area contributed by atoms with Crippen molar-refractivity contribution >= 4 is 5.69 Å². The zero-order chi connectivity index (χ0) is 21.2. The van der Waals surface area contributed by atoms with Gasteiger partial charge in [-0.2, -0.15) is 0 Å². The van der Waals surface area contributed by atoms with Crippen LogP contribution in [0.25, 0.3) is 0 Å². The molecule has 3 rings (SSSR count). The lowest BCUT2D eigenvalue weighted by atomic mass is 9.90. The highest BCUT2D eigenvalue weighted by Crippen LogP contribution is 2.50. The van der Waals surface area contributed by atoms with Crippen molar-refractivity contribution in [1.82, 2.24) is 0 Å². The van der Waals surface area contributed by atoms with Gasteiger partial charge in [0.05, 0.1) is 12.2 Å². The number of hydrogen-bond acceptors (Lipinski definition) is 3. The first kappa shape index (κ1) is 23.1. The second-order valence-corrected chi connectivity index (χ2v) is 9.31. The van der Waals surface area contributed by atoms with Crippen molar-refractivity contribution in [3.63, 3.8) is 0 Å². The van der Waals surface area contributed by atoms with Gasteiger partial charge in [-0.3, -0.25) is 0 Å². The average Bonchev–Trinajstić information content (AvgIpc) is 3.26. The van der Waals surface area contributed by atoms with Crippen molar-refractivity contribution in [1.29, 1.82) is 0 Å². The quantitative estimate of drug-likeness (QED) is 0.288. The molecule has 30 heavy (non-hydrogen) atoms. The fourth-order valence-corrected chi connectivity index (χ4v) is 5.26. The van der Waals surface area contributed by atoms with Crippen LogP contribution >= 0.6 is 0 Å². The molecule has 2 saturated carbocycles. The van der Waals surface area contributed by atoms with Gasteiger partial charge in [0.15, 0.2) is 0 Å². The Kier molecular flexibility index (Phi) is 9.48. The minimum Gasteiger partial charge on any atom is -0.392 e. The smallest absolute Gasteiger partial charge is 0.0721 e. The summed E-state index contributed by atoms with van der Waals surface area (Å²) in [5.41, 5.74) is 2.79. The van der Waals surface area contributed by atoms with Crippen LogP contribution in [-0.4, -0.2) is 29.0 Å². The topological polar surface area (TPSA) is 52.5 Å². The lowest BCUT2D eigenvalue weighted by Crippen LogP contribution is -2.17. The van der Waals surface area contributed by atoms with E-state index in [1.807, 2.05) is 12.1 Å². The summed E-state index contributed by atoms with van der Waals surface area (Å²) in [5, 5.41) is 24.2. The third-order valence-electron chi connectivity index (χ3n) is 6.94. The molecule has 0 aliphatic heterocycles. The number of aliphatic hydroxyl groups is 2. The summed E-state index contributed by atoms with van der Waals surface area (Å²) in [6, 6.07) is 10.4. The predicted molar refractivity (Wildman–Crippen MR) is 126 cm³/mol. The first-order chi connectivity index (χ1) is 14.7. The van der Waals surface area contributed by atoms with E-state index in [1.165, 1.54) is 31.4 Å². The average molecular weight is 412 g/mol. The molecule has 0 amide bonds. The summed E-state index contributed by atoms with van der Waals surface area (Å²) in [5.74, 6) is 1.40. The maximum absolute atomic E-state index is 10.5. The fraction of sp³-hybridized carbons (Fsp3) is 0.630. The SMILES string of the molecule is CCCCC[C@H](O)/C=C/[C@@H]1[C@H]2C/C(=C/CCCCNc3ccccc3)C[C@H]2C[C@H]1O. The molecular formula is C27H41NO2. The van der Waals surface area contributed by atoms with Crippen LogP contribution in [0.4, 0.5) is 5.69 Å². The summed E-state index contributed by atoms with van der Waals surface area (Å²) < 4.78 is 0. The maximum Gasteiger partial charge on any atom is 0.0721 e. The molecule has 3 nitrogen and oxygen atoms in total. The number of aliphatic hydroxyl groups excluding tert-OH is 2. The number of anilines is 1. The van der Waals surface area contributed by atoms with E-state index < -0.39 is 0 Å². The Balaban J connectivity index is 1.37. The summed E-state index contributed by atoms with van der Waals surface area (Å²) in [4.78, 5) is 0. The van der Waals surface area contributed by atoms with Crippen LogP contribution < -0.4 is 5.32 Å².